The summed E-state index contributed by atoms with van der Waals surface area (Å²) in [6.07, 6.45) is 1.87. The molecule has 0 aliphatic carbocycles. The van der Waals surface area contributed by atoms with Crippen molar-refractivity contribution in [3.05, 3.63) is 11.9 Å². The average molecular weight is 237 g/mol. The van der Waals surface area contributed by atoms with E-state index in [4.69, 9.17) is 5.73 Å². The van der Waals surface area contributed by atoms with E-state index in [-0.39, 0.29) is 0 Å². The zero-order chi connectivity index (χ0) is 12.8. The van der Waals surface area contributed by atoms with Crippen molar-refractivity contribution in [1.29, 1.82) is 0 Å². The third-order valence-corrected chi connectivity index (χ3v) is 2.51. The fourth-order valence-corrected chi connectivity index (χ4v) is 1.53. The summed E-state index contributed by atoms with van der Waals surface area (Å²) in [5.74, 6) is 2.13. The predicted molar refractivity (Wildman–Crippen MR) is 72.1 cm³/mol. The maximum atomic E-state index is 5.73. The molecule has 17 heavy (non-hydrogen) atoms. The van der Waals surface area contributed by atoms with E-state index >= 15 is 0 Å². The first-order valence-electron chi connectivity index (χ1n) is 6.06. The molecule has 0 aliphatic rings. The average Bonchev–Trinajstić information content (AvgIpc) is 2.25. The Morgan fingerprint density at radius 3 is 2.71 bits per heavy atom. The maximum Gasteiger partial charge on any atom is 0.132 e. The summed E-state index contributed by atoms with van der Waals surface area (Å²) in [4.78, 5) is 10.7. The fraction of sp³-hybridized carbons (Fsp3) is 0.667. The van der Waals surface area contributed by atoms with Crippen molar-refractivity contribution >= 4 is 11.6 Å². The van der Waals surface area contributed by atoms with Crippen LogP contribution in [0.25, 0.3) is 0 Å². The van der Waals surface area contributed by atoms with Crippen LogP contribution in [0.15, 0.2) is 6.07 Å². The smallest absolute Gasteiger partial charge is 0.132 e. The van der Waals surface area contributed by atoms with Gasteiger partial charge < -0.3 is 16.0 Å². The van der Waals surface area contributed by atoms with Crippen molar-refractivity contribution in [1.82, 2.24) is 14.9 Å². The lowest BCUT2D eigenvalue weighted by molar-refractivity contribution is 0.390. The minimum absolute atomic E-state index is 0.372. The van der Waals surface area contributed by atoms with E-state index in [9.17, 15) is 0 Å². The van der Waals surface area contributed by atoms with E-state index in [1.807, 2.05) is 6.92 Å². The first-order valence-corrected chi connectivity index (χ1v) is 6.06. The summed E-state index contributed by atoms with van der Waals surface area (Å²) in [5.41, 5.74) is 5.73. The summed E-state index contributed by atoms with van der Waals surface area (Å²) >= 11 is 0. The van der Waals surface area contributed by atoms with Gasteiger partial charge in [-0.15, -0.1) is 0 Å². The molecule has 0 aliphatic heterocycles. The molecule has 0 aromatic carbocycles. The van der Waals surface area contributed by atoms with Gasteiger partial charge in [-0.1, -0.05) is 6.92 Å². The molecule has 3 N–H and O–H groups in total. The Balaban J connectivity index is 2.58. The number of aryl methyl sites for hydroxylation is 1. The van der Waals surface area contributed by atoms with E-state index in [1.165, 1.54) is 0 Å². The van der Waals surface area contributed by atoms with Gasteiger partial charge in [0, 0.05) is 18.5 Å². The van der Waals surface area contributed by atoms with Crippen molar-refractivity contribution in [2.45, 2.75) is 32.7 Å². The van der Waals surface area contributed by atoms with Crippen LogP contribution in [-0.2, 0) is 6.42 Å². The van der Waals surface area contributed by atoms with Crippen molar-refractivity contribution in [2.75, 3.05) is 31.7 Å². The highest BCUT2D eigenvalue weighted by Gasteiger charge is 2.06. The van der Waals surface area contributed by atoms with Crippen molar-refractivity contribution in [3.63, 3.8) is 0 Å². The summed E-state index contributed by atoms with van der Waals surface area (Å²) in [7, 11) is 4.15. The Kier molecular flexibility index (Phi) is 5.15. The number of hydrogen-bond acceptors (Lipinski definition) is 5. The number of nitrogens with zero attached hydrogens (tertiary/aromatic N) is 3. The van der Waals surface area contributed by atoms with Gasteiger partial charge in [-0.2, -0.15) is 0 Å². The molecule has 1 unspecified atom stereocenters. The van der Waals surface area contributed by atoms with Crippen molar-refractivity contribution < 1.29 is 0 Å². The standard InChI is InChI=1S/C12H23N5/c1-5-11-15-10(13)8-12(16-11)14-9(2)6-7-17(3)4/h8-9H,5-7H2,1-4H3,(H3,13,14,15,16). The lowest BCUT2D eigenvalue weighted by Crippen LogP contribution is -2.23. The third-order valence-electron chi connectivity index (χ3n) is 2.51. The lowest BCUT2D eigenvalue weighted by atomic mass is 10.2. The molecular weight excluding hydrogens is 214 g/mol. The van der Waals surface area contributed by atoms with Gasteiger partial charge in [0.15, 0.2) is 0 Å². The number of nitrogen functional groups attached to an aromatic ring is 1. The molecular formula is C12H23N5. The zero-order valence-corrected chi connectivity index (χ0v) is 11.2. The van der Waals surface area contributed by atoms with Gasteiger partial charge in [0.2, 0.25) is 0 Å². The maximum absolute atomic E-state index is 5.73. The monoisotopic (exact) mass is 237 g/mol. The molecule has 1 rings (SSSR count). The minimum atomic E-state index is 0.372. The number of rotatable bonds is 6. The number of nitrogens with one attached hydrogen (secondary N) is 1. The van der Waals surface area contributed by atoms with E-state index < -0.39 is 0 Å². The third kappa shape index (κ3) is 4.99. The Labute approximate surface area is 103 Å². The summed E-state index contributed by atoms with van der Waals surface area (Å²) < 4.78 is 0. The van der Waals surface area contributed by atoms with Gasteiger partial charge in [-0.05, 0) is 34.0 Å². The summed E-state index contributed by atoms with van der Waals surface area (Å²) in [5, 5.41) is 3.36. The highest BCUT2D eigenvalue weighted by molar-refractivity contribution is 5.45. The Morgan fingerprint density at radius 1 is 1.41 bits per heavy atom. The first kappa shape index (κ1) is 13.7. The van der Waals surface area contributed by atoms with E-state index in [1.54, 1.807) is 6.07 Å². The van der Waals surface area contributed by atoms with Crippen LogP contribution in [0.2, 0.25) is 0 Å². The van der Waals surface area contributed by atoms with Crippen LogP contribution in [0.1, 0.15) is 26.1 Å². The molecule has 0 saturated carbocycles. The predicted octanol–water partition coefficient (Wildman–Crippen LogP) is 1.37. The van der Waals surface area contributed by atoms with Crippen LogP contribution >= 0.6 is 0 Å². The van der Waals surface area contributed by atoms with E-state index in [2.05, 4.69) is 41.2 Å². The normalized spacial score (nSPS) is 12.8. The SMILES string of the molecule is CCc1nc(N)cc(NC(C)CCN(C)C)n1. The Morgan fingerprint density at radius 2 is 2.12 bits per heavy atom. The van der Waals surface area contributed by atoms with Gasteiger partial charge in [0.1, 0.15) is 17.5 Å². The molecule has 0 bridgehead atoms. The van der Waals surface area contributed by atoms with Crippen LogP contribution in [0.5, 0.6) is 0 Å². The van der Waals surface area contributed by atoms with E-state index in [0.29, 0.717) is 11.9 Å². The van der Waals surface area contributed by atoms with Crippen LogP contribution in [0, 0.1) is 0 Å². The van der Waals surface area contributed by atoms with Crippen LogP contribution in [-0.4, -0.2) is 41.5 Å². The molecule has 1 atom stereocenters. The summed E-state index contributed by atoms with van der Waals surface area (Å²) in [6, 6.07) is 2.15. The molecule has 0 fully saturated rings. The second kappa shape index (κ2) is 6.39. The largest absolute Gasteiger partial charge is 0.384 e. The second-order valence-electron chi connectivity index (χ2n) is 4.59. The fourth-order valence-electron chi connectivity index (χ4n) is 1.53. The number of aromatic nitrogens is 2. The number of anilines is 2. The topological polar surface area (TPSA) is 67.1 Å². The van der Waals surface area contributed by atoms with Crippen LogP contribution in [0.3, 0.4) is 0 Å². The first-order chi connectivity index (χ1) is 8.01. The molecule has 0 radical (unpaired) electrons. The molecule has 0 spiro atoms. The van der Waals surface area contributed by atoms with E-state index in [0.717, 1.165) is 31.0 Å². The van der Waals surface area contributed by atoms with Gasteiger partial charge in [-0.3, -0.25) is 0 Å². The van der Waals surface area contributed by atoms with Gasteiger partial charge in [0.05, 0.1) is 0 Å². The van der Waals surface area contributed by atoms with Crippen molar-refractivity contribution in [2.24, 2.45) is 0 Å². The lowest BCUT2D eigenvalue weighted by Gasteiger charge is -2.17. The van der Waals surface area contributed by atoms with Gasteiger partial charge >= 0.3 is 0 Å². The molecule has 1 heterocycles. The summed E-state index contributed by atoms with van der Waals surface area (Å²) in [6.45, 7) is 5.22. The zero-order valence-electron chi connectivity index (χ0n) is 11.2. The van der Waals surface area contributed by atoms with Gasteiger partial charge in [0.25, 0.3) is 0 Å². The molecule has 5 heteroatoms. The Bertz CT molecular complexity index is 351. The highest BCUT2D eigenvalue weighted by Crippen LogP contribution is 2.11. The van der Waals surface area contributed by atoms with Crippen LogP contribution < -0.4 is 11.1 Å². The second-order valence-corrected chi connectivity index (χ2v) is 4.59. The molecule has 0 amide bonds. The molecule has 1 aromatic rings. The molecule has 96 valence electrons. The number of hydrogen-bond donors (Lipinski definition) is 2. The highest BCUT2D eigenvalue weighted by atomic mass is 15.1. The van der Waals surface area contributed by atoms with Crippen LogP contribution in [0.4, 0.5) is 11.6 Å². The minimum Gasteiger partial charge on any atom is -0.384 e. The molecule has 0 saturated heterocycles. The molecule has 5 nitrogen and oxygen atoms in total. The molecule has 1 aromatic heterocycles. The Hall–Kier alpha value is -1.36. The van der Waals surface area contributed by atoms with Crippen molar-refractivity contribution in [3.8, 4) is 0 Å². The van der Waals surface area contributed by atoms with Gasteiger partial charge in [-0.25, -0.2) is 9.97 Å². The number of nitrogens with two attached hydrogens (primary N) is 1. The quantitative estimate of drug-likeness (QED) is 0.782.